The fourth-order valence-electron chi connectivity index (χ4n) is 3.00. The molecule has 0 radical (unpaired) electrons. The van der Waals surface area contributed by atoms with Gasteiger partial charge in [-0.05, 0) is 30.9 Å². The first kappa shape index (κ1) is 12.4. The molecule has 0 saturated heterocycles. The smallest absolute Gasteiger partial charge is 0.261 e. The lowest BCUT2D eigenvalue weighted by atomic mass is 9.99. The van der Waals surface area contributed by atoms with E-state index in [1.807, 2.05) is 24.3 Å². The molecule has 0 spiro atoms. The molecule has 1 aliphatic rings. The maximum absolute atomic E-state index is 12.3. The highest BCUT2D eigenvalue weighted by molar-refractivity contribution is 5.76. The minimum Gasteiger partial charge on any atom is -0.326 e. The predicted molar refractivity (Wildman–Crippen MR) is 75.9 cm³/mol. The number of rotatable bonds is 3. The van der Waals surface area contributed by atoms with Gasteiger partial charge in [0.2, 0.25) is 0 Å². The van der Waals surface area contributed by atoms with Crippen molar-refractivity contribution in [2.45, 2.75) is 38.3 Å². The third-order valence-corrected chi connectivity index (χ3v) is 4.14. The molecule has 1 saturated carbocycles. The molecule has 1 fully saturated rings. The van der Waals surface area contributed by atoms with Gasteiger partial charge in [-0.2, -0.15) is 0 Å². The molecule has 4 nitrogen and oxygen atoms in total. The van der Waals surface area contributed by atoms with Crippen LogP contribution in [0.5, 0.6) is 0 Å². The topological polar surface area (TPSA) is 60.9 Å². The summed E-state index contributed by atoms with van der Waals surface area (Å²) in [6, 6.07) is 7.50. The van der Waals surface area contributed by atoms with E-state index in [0.717, 1.165) is 5.52 Å². The van der Waals surface area contributed by atoms with Gasteiger partial charge in [-0.25, -0.2) is 4.98 Å². The van der Waals surface area contributed by atoms with Crippen LogP contribution < -0.4 is 11.3 Å². The summed E-state index contributed by atoms with van der Waals surface area (Å²) in [5.41, 5.74) is 7.00. The lowest BCUT2D eigenvalue weighted by Gasteiger charge is -2.19. The van der Waals surface area contributed by atoms with Crippen LogP contribution in [-0.2, 0) is 6.54 Å². The molecule has 1 heterocycles. The van der Waals surface area contributed by atoms with E-state index in [4.69, 9.17) is 5.73 Å². The van der Waals surface area contributed by atoms with E-state index in [1.165, 1.54) is 25.7 Å². The summed E-state index contributed by atoms with van der Waals surface area (Å²) in [5, 5.41) is 0.670. The second-order valence-electron chi connectivity index (χ2n) is 5.43. The number of nitrogens with two attached hydrogens (primary N) is 1. The second-order valence-corrected chi connectivity index (χ2v) is 5.43. The van der Waals surface area contributed by atoms with Crippen LogP contribution in [0.1, 0.15) is 25.7 Å². The molecule has 1 aromatic heterocycles. The molecule has 100 valence electrons. The average molecular weight is 257 g/mol. The number of nitrogens with zero attached hydrogens (tertiary/aromatic N) is 2. The largest absolute Gasteiger partial charge is 0.326 e. The van der Waals surface area contributed by atoms with Gasteiger partial charge in [0.1, 0.15) is 0 Å². The Bertz CT molecular complexity index is 629. The normalized spacial score (nSPS) is 17.9. The molecule has 19 heavy (non-hydrogen) atoms. The van der Waals surface area contributed by atoms with Crippen LogP contribution in [0.4, 0.5) is 0 Å². The van der Waals surface area contributed by atoms with Crippen LogP contribution in [0.3, 0.4) is 0 Å². The summed E-state index contributed by atoms with van der Waals surface area (Å²) in [6.07, 6.45) is 6.54. The van der Waals surface area contributed by atoms with Gasteiger partial charge >= 0.3 is 0 Å². The maximum atomic E-state index is 12.3. The number of para-hydroxylation sites is 1. The number of hydrogen-bond acceptors (Lipinski definition) is 3. The zero-order chi connectivity index (χ0) is 13.2. The fourth-order valence-corrected chi connectivity index (χ4v) is 3.00. The fraction of sp³-hybridized carbons (Fsp3) is 0.467. The molecular formula is C15H19N3O. The van der Waals surface area contributed by atoms with Gasteiger partial charge in [-0.15, -0.1) is 0 Å². The van der Waals surface area contributed by atoms with Gasteiger partial charge in [0.15, 0.2) is 0 Å². The Balaban J connectivity index is 1.88. The highest BCUT2D eigenvalue weighted by Gasteiger charge is 2.22. The Labute approximate surface area is 112 Å². The van der Waals surface area contributed by atoms with Crippen LogP contribution in [0.15, 0.2) is 35.4 Å². The minimum atomic E-state index is 0.0130. The van der Waals surface area contributed by atoms with Crippen molar-refractivity contribution in [1.82, 2.24) is 9.55 Å². The van der Waals surface area contributed by atoms with Crippen molar-refractivity contribution in [3.8, 4) is 0 Å². The van der Waals surface area contributed by atoms with E-state index in [1.54, 1.807) is 10.9 Å². The Morgan fingerprint density at radius 2 is 2.05 bits per heavy atom. The van der Waals surface area contributed by atoms with Crippen molar-refractivity contribution in [2.24, 2.45) is 11.7 Å². The van der Waals surface area contributed by atoms with E-state index in [-0.39, 0.29) is 11.6 Å². The zero-order valence-electron chi connectivity index (χ0n) is 11.0. The van der Waals surface area contributed by atoms with Crippen molar-refractivity contribution >= 4 is 10.9 Å². The molecular weight excluding hydrogens is 238 g/mol. The molecule has 0 amide bonds. The Kier molecular flexibility index (Phi) is 3.34. The first-order chi connectivity index (χ1) is 9.25. The van der Waals surface area contributed by atoms with Crippen molar-refractivity contribution < 1.29 is 0 Å². The summed E-state index contributed by atoms with van der Waals surface area (Å²) in [4.78, 5) is 16.7. The molecule has 1 unspecified atom stereocenters. The number of benzene rings is 1. The SMILES string of the molecule is NC(Cn1cnc2ccccc2c1=O)C1CCCC1. The Morgan fingerprint density at radius 1 is 1.32 bits per heavy atom. The highest BCUT2D eigenvalue weighted by atomic mass is 16.1. The lowest BCUT2D eigenvalue weighted by Crippen LogP contribution is -2.36. The predicted octanol–water partition coefficient (Wildman–Crippen LogP) is 1.91. The van der Waals surface area contributed by atoms with Gasteiger partial charge in [0, 0.05) is 12.6 Å². The van der Waals surface area contributed by atoms with Crippen LogP contribution in [0.25, 0.3) is 10.9 Å². The van der Waals surface area contributed by atoms with E-state index >= 15 is 0 Å². The van der Waals surface area contributed by atoms with Crippen LogP contribution in [-0.4, -0.2) is 15.6 Å². The van der Waals surface area contributed by atoms with E-state index in [2.05, 4.69) is 4.98 Å². The van der Waals surface area contributed by atoms with Crippen LogP contribution in [0, 0.1) is 5.92 Å². The molecule has 0 bridgehead atoms. The first-order valence-corrected chi connectivity index (χ1v) is 6.95. The molecule has 2 N–H and O–H groups in total. The minimum absolute atomic E-state index is 0.0130. The summed E-state index contributed by atoms with van der Waals surface area (Å²) < 4.78 is 1.66. The zero-order valence-corrected chi connectivity index (χ0v) is 11.0. The quantitative estimate of drug-likeness (QED) is 0.913. The van der Waals surface area contributed by atoms with Gasteiger partial charge in [-0.1, -0.05) is 25.0 Å². The number of fused-ring (bicyclic) bond motifs is 1. The summed E-state index contributed by atoms with van der Waals surface area (Å²) in [5.74, 6) is 0.554. The molecule has 1 aromatic carbocycles. The van der Waals surface area contributed by atoms with E-state index in [9.17, 15) is 4.79 Å². The monoisotopic (exact) mass is 257 g/mol. The van der Waals surface area contributed by atoms with Crippen LogP contribution >= 0.6 is 0 Å². The maximum Gasteiger partial charge on any atom is 0.261 e. The molecule has 0 aliphatic heterocycles. The molecule has 3 rings (SSSR count). The number of hydrogen-bond donors (Lipinski definition) is 1. The van der Waals surface area contributed by atoms with Crippen molar-refractivity contribution in [3.05, 3.63) is 40.9 Å². The average Bonchev–Trinajstić information content (AvgIpc) is 2.96. The summed E-state index contributed by atoms with van der Waals surface area (Å²) >= 11 is 0. The van der Waals surface area contributed by atoms with E-state index in [0.29, 0.717) is 17.8 Å². The van der Waals surface area contributed by atoms with Crippen molar-refractivity contribution in [2.75, 3.05) is 0 Å². The third-order valence-electron chi connectivity index (χ3n) is 4.14. The first-order valence-electron chi connectivity index (χ1n) is 6.95. The molecule has 4 heteroatoms. The number of aromatic nitrogens is 2. The molecule has 2 aromatic rings. The standard InChI is InChI=1S/C15H19N3O/c16-13(11-5-1-2-6-11)9-18-10-17-14-8-4-3-7-12(14)15(18)19/h3-4,7-8,10-11,13H,1-2,5-6,9,16H2. The summed E-state index contributed by atoms with van der Waals surface area (Å²) in [6.45, 7) is 0.571. The van der Waals surface area contributed by atoms with Gasteiger partial charge < -0.3 is 5.73 Å². The Morgan fingerprint density at radius 3 is 2.84 bits per heavy atom. The van der Waals surface area contributed by atoms with Crippen molar-refractivity contribution in [1.29, 1.82) is 0 Å². The van der Waals surface area contributed by atoms with E-state index < -0.39 is 0 Å². The summed E-state index contributed by atoms with van der Waals surface area (Å²) in [7, 11) is 0. The van der Waals surface area contributed by atoms with Crippen LogP contribution in [0.2, 0.25) is 0 Å². The van der Waals surface area contributed by atoms with Gasteiger partial charge in [0.05, 0.1) is 17.2 Å². The molecule has 1 atom stereocenters. The van der Waals surface area contributed by atoms with Gasteiger partial charge in [0.25, 0.3) is 5.56 Å². The Hall–Kier alpha value is -1.68. The highest BCUT2D eigenvalue weighted by Crippen LogP contribution is 2.27. The second kappa shape index (κ2) is 5.13. The molecule has 1 aliphatic carbocycles. The lowest BCUT2D eigenvalue weighted by molar-refractivity contribution is 0.382. The van der Waals surface area contributed by atoms with Gasteiger partial charge in [-0.3, -0.25) is 9.36 Å². The third kappa shape index (κ3) is 2.40. The van der Waals surface area contributed by atoms with Crippen molar-refractivity contribution in [3.63, 3.8) is 0 Å².